The summed E-state index contributed by atoms with van der Waals surface area (Å²) in [6.45, 7) is 4.61. The largest absolute Gasteiger partial charge is 0.472 e. The topological polar surface area (TPSA) is 155 Å². The number of carbonyl (C=O) groups excluding carboxylic acids is 3. The molecule has 0 radical (unpaired) electrons. The molecular weight excluding hydrogens is 856 g/mol. The summed E-state index contributed by atoms with van der Waals surface area (Å²) in [5.74, 6) is -1.46. The zero-order chi connectivity index (χ0) is 48.4. The van der Waals surface area contributed by atoms with Crippen LogP contribution in [-0.4, -0.2) is 66.5 Å². The molecule has 0 saturated carbocycles. The van der Waals surface area contributed by atoms with Crippen LogP contribution in [0.1, 0.15) is 265 Å². The van der Waals surface area contributed by atoms with Crippen LogP contribution >= 0.6 is 7.82 Å². The minimum Gasteiger partial charge on any atom is -0.462 e. The van der Waals surface area contributed by atoms with Gasteiger partial charge in [0.25, 0.3) is 0 Å². The highest BCUT2D eigenvalue weighted by Crippen LogP contribution is 2.43. The summed E-state index contributed by atoms with van der Waals surface area (Å²) in [5.41, 5.74) is 0. The number of carbonyl (C=O) groups is 3. The number of rotatable bonds is 51. The first-order chi connectivity index (χ1) is 32.2. The van der Waals surface area contributed by atoms with E-state index in [0.29, 0.717) is 19.3 Å². The maximum Gasteiger partial charge on any atom is 0.472 e. The summed E-state index contributed by atoms with van der Waals surface area (Å²) in [6.07, 6.45) is 47.2. The highest BCUT2D eigenvalue weighted by Gasteiger charge is 2.28. The zero-order valence-corrected chi connectivity index (χ0v) is 43.6. The lowest BCUT2D eigenvalue weighted by Gasteiger charge is -2.21. The van der Waals surface area contributed by atoms with Crippen molar-refractivity contribution >= 4 is 25.7 Å². The molecule has 0 rings (SSSR count). The van der Waals surface area contributed by atoms with Crippen LogP contribution in [0, 0.1) is 0 Å². The summed E-state index contributed by atoms with van der Waals surface area (Å²) in [7, 11) is -4.73. The molecule has 66 heavy (non-hydrogen) atoms. The van der Waals surface area contributed by atoms with Crippen LogP contribution in [0.15, 0.2) is 24.3 Å². The maximum atomic E-state index is 12.9. The van der Waals surface area contributed by atoms with E-state index in [1.54, 1.807) is 0 Å². The number of phosphoric ester groups is 1. The number of hydrogen-bond donors (Lipinski definition) is 2. The van der Waals surface area contributed by atoms with Crippen molar-refractivity contribution in [3.05, 3.63) is 24.3 Å². The predicted molar refractivity (Wildman–Crippen MR) is 270 cm³/mol. The Morgan fingerprint density at radius 1 is 0.409 bits per heavy atom. The van der Waals surface area contributed by atoms with Crippen molar-refractivity contribution in [2.24, 2.45) is 0 Å². The van der Waals surface area contributed by atoms with E-state index < -0.39 is 57.8 Å². The molecule has 0 bridgehead atoms. The van der Waals surface area contributed by atoms with Gasteiger partial charge in [0, 0.05) is 19.3 Å². The molecule has 388 valence electrons. The van der Waals surface area contributed by atoms with Crippen molar-refractivity contribution in [2.75, 3.05) is 26.4 Å². The molecule has 0 aliphatic carbocycles. The van der Waals surface area contributed by atoms with Crippen molar-refractivity contribution < 1.29 is 52.2 Å². The first-order valence-corrected chi connectivity index (χ1v) is 28.7. The van der Waals surface area contributed by atoms with Gasteiger partial charge in [-0.3, -0.25) is 23.4 Å². The van der Waals surface area contributed by atoms with Crippen LogP contribution in [0.2, 0.25) is 0 Å². The van der Waals surface area contributed by atoms with Gasteiger partial charge in [0.05, 0.1) is 19.8 Å². The second-order valence-corrected chi connectivity index (χ2v) is 19.8. The molecule has 0 saturated heterocycles. The van der Waals surface area contributed by atoms with E-state index in [1.165, 1.54) is 122 Å². The van der Waals surface area contributed by atoms with Crippen molar-refractivity contribution in [2.45, 2.75) is 277 Å². The van der Waals surface area contributed by atoms with E-state index in [2.05, 4.69) is 45.1 Å². The lowest BCUT2D eigenvalue weighted by atomic mass is 10.1. The molecule has 0 heterocycles. The molecule has 3 unspecified atom stereocenters. The van der Waals surface area contributed by atoms with Crippen molar-refractivity contribution in [1.82, 2.24) is 0 Å². The van der Waals surface area contributed by atoms with Gasteiger partial charge in [-0.2, -0.15) is 0 Å². The van der Waals surface area contributed by atoms with Gasteiger partial charge in [-0.1, -0.05) is 199 Å². The third-order valence-corrected chi connectivity index (χ3v) is 12.8. The molecule has 0 aromatic heterocycles. The third-order valence-electron chi connectivity index (χ3n) is 11.8. The van der Waals surface area contributed by atoms with Gasteiger partial charge in [-0.25, -0.2) is 4.57 Å². The van der Waals surface area contributed by atoms with Gasteiger partial charge in [0.15, 0.2) is 6.10 Å². The maximum absolute atomic E-state index is 12.9. The van der Waals surface area contributed by atoms with Crippen LogP contribution in [-0.2, 0) is 42.2 Å². The smallest absolute Gasteiger partial charge is 0.462 e. The highest BCUT2D eigenvalue weighted by atomic mass is 31.2. The molecule has 0 aromatic rings. The normalized spacial score (nSPS) is 13.6. The number of allylic oxidation sites excluding steroid dienone is 4. The van der Waals surface area contributed by atoms with Gasteiger partial charge in [-0.15, -0.1) is 0 Å². The van der Waals surface area contributed by atoms with Crippen LogP contribution in [0.3, 0.4) is 0 Å². The predicted octanol–water partition coefficient (Wildman–Crippen LogP) is 15.5. The summed E-state index contributed by atoms with van der Waals surface area (Å²) >= 11 is 0. The summed E-state index contributed by atoms with van der Waals surface area (Å²) in [6, 6.07) is 0. The fourth-order valence-electron chi connectivity index (χ4n) is 7.64. The molecule has 0 spiro atoms. The Kier molecular flexibility index (Phi) is 47.9. The Balaban J connectivity index is 4.72. The molecule has 0 aromatic carbocycles. The SMILES string of the molecule is CCCCCC/C=C\CCCCCCCC(=O)OCC(COP(=O)(O)OCC(CO)OC(=O)CCCCCCCCCCC)OC(=O)CCCCCCCCC/C=C\CCCCCCCC. The Hall–Kier alpha value is -2.04. The third kappa shape index (κ3) is 47.0. The van der Waals surface area contributed by atoms with Gasteiger partial charge in [0.1, 0.15) is 12.7 Å². The fourth-order valence-corrected chi connectivity index (χ4v) is 8.42. The second-order valence-electron chi connectivity index (χ2n) is 18.4. The number of unbranched alkanes of at least 4 members (excludes halogenated alkanes) is 30. The molecule has 3 atom stereocenters. The number of hydrogen-bond acceptors (Lipinski definition) is 10. The second kappa shape index (κ2) is 49.4. The van der Waals surface area contributed by atoms with E-state index in [-0.39, 0.29) is 25.9 Å². The highest BCUT2D eigenvalue weighted by molar-refractivity contribution is 7.47. The Morgan fingerprint density at radius 2 is 0.697 bits per heavy atom. The Morgan fingerprint density at radius 3 is 1.06 bits per heavy atom. The van der Waals surface area contributed by atoms with Crippen LogP contribution < -0.4 is 0 Å². The average Bonchev–Trinajstić information content (AvgIpc) is 3.30. The van der Waals surface area contributed by atoms with Crippen molar-refractivity contribution in [3.63, 3.8) is 0 Å². The summed E-state index contributed by atoms with van der Waals surface area (Å²) in [5, 5.41) is 9.75. The Labute approximate surface area is 404 Å². The lowest BCUT2D eigenvalue weighted by molar-refractivity contribution is -0.161. The first kappa shape index (κ1) is 64.0. The van der Waals surface area contributed by atoms with E-state index in [4.69, 9.17) is 23.3 Å². The monoisotopic (exact) mass is 957 g/mol. The molecule has 0 aliphatic rings. The molecular formula is C54H101O11P. The molecule has 11 nitrogen and oxygen atoms in total. The Bertz CT molecular complexity index is 1210. The number of aliphatic hydroxyl groups is 1. The van der Waals surface area contributed by atoms with E-state index in [0.717, 1.165) is 83.5 Å². The number of phosphoric acid groups is 1. The average molecular weight is 957 g/mol. The number of esters is 3. The summed E-state index contributed by atoms with van der Waals surface area (Å²) < 4.78 is 39.3. The summed E-state index contributed by atoms with van der Waals surface area (Å²) in [4.78, 5) is 48.3. The molecule has 12 heteroatoms. The van der Waals surface area contributed by atoms with Crippen molar-refractivity contribution in [3.8, 4) is 0 Å². The van der Waals surface area contributed by atoms with Gasteiger partial charge in [0.2, 0.25) is 0 Å². The van der Waals surface area contributed by atoms with Crippen LogP contribution in [0.4, 0.5) is 0 Å². The van der Waals surface area contributed by atoms with Crippen LogP contribution in [0.25, 0.3) is 0 Å². The molecule has 0 amide bonds. The lowest BCUT2D eigenvalue weighted by Crippen LogP contribution is -2.30. The zero-order valence-electron chi connectivity index (χ0n) is 42.7. The van der Waals surface area contributed by atoms with E-state index in [9.17, 15) is 28.9 Å². The van der Waals surface area contributed by atoms with E-state index >= 15 is 0 Å². The first-order valence-electron chi connectivity index (χ1n) is 27.2. The number of aliphatic hydroxyl groups excluding tert-OH is 1. The molecule has 0 fully saturated rings. The van der Waals surface area contributed by atoms with Gasteiger partial charge in [-0.05, 0) is 70.6 Å². The number of ether oxygens (including phenoxy) is 3. The van der Waals surface area contributed by atoms with Gasteiger partial charge >= 0.3 is 25.7 Å². The van der Waals surface area contributed by atoms with E-state index in [1.807, 2.05) is 0 Å². The minimum absolute atomic E-state index is 0.165. The quantitative estimate of drug-likeness (QED) is 0.0197. The van der Waals surface area contributed by atoms with Crippen LogP contribution in [0.5, 0.6) is 0 Å². The van der Waals surface area contributed by atoms with Gasteiger partial charge < -0.3 is 24.2 Å². The molecule has 2 N–H and O–H groups in total. The minimum atomic E-state index is -4.73. The standard InChI is InChI=1S/C54H101O11P/c1-4-7-10-13-16-19-21-23-24-25-26-28-30-33-36-39-42-45-54(58)65-51(47-61-52(56)43-40-37-34-32-29-27-22-20-17-14-11-8-5-2)49-63-66(59,60)62-48-50(46-55)64-53(57)44-41-38-35-31-18-15-12-9-6-3/h20,22-24,50-51,55H,4-19,21,25-49H2,1-3H3,(H,59,60)/b22-20-,24-23-. The fraction of sp³-hybridized carbons (Fsp3) is 0.870. The molecule has 0 aliphatic heterocycles. The van der Waals surface area contributed by atoms with Crippen molar-refractivity contribution in [1.29, 1.82) is 0 Å².